The molecule has 1 atom stereocenters. The molecule has 1 fully saturated rings. The van der Waals surface area contributed by atoms with Gasteiger partial charge in [0.05, 0.1) is 5.69 Å². The molecule has 0 spiro atoms. The number of nitrogens with one attached hydrogen (secondary N) is 1. The fraction of sp³-hybridized carbons (Fsp3) is 0.769. The molecule has 2 heterocycles. The normalized spacial score (nSPS) is 22.3. The van der Waals surface area contributed by atoms with Crippen LogP contribution in [0.5, 0.6) is 0 Å². The topological polar surface area (TPSA) is 29.9 Å². The van der Waals surface area contributed by atoms with Crippen LogP contribution in [0.15, 0.2) is 12.3 Å². The summed E-state index contributed by atoms with van der Waals surface area (Å²) in [5, 5.41) is 8.09. The lowest BCUT2D eigenvalue weighted by atomic mass is 9.95. The van der Waals surface area contributed by atoms with E-state index in [0.717, 1.165) is 12.3 Å². The van der Waals surface area contributed by atoms with Crippen molar-refractivity contribution in [3.63, 3.8) is 0 Å². The van der Waals surface area contributed by atoms with Crippen molar-refractivity contribution >= 4 is 0 Å². The molecular formula is C13H23N3. The largest absolute Gasteiger partial charge is 0.317 e. The van der Waals surface area contributed by atoms with Crippen molar-refractivity contribution in [1.82, 2.24) is 15.1 Å². The molecule has 1 saturated heterocycles. The van der Waals surface area contributed by atoms with Crippen LogP contribution in [0.2, 0.25) is 0 Å². The van der Waals surface area contributed by atoms with Crippen LogP contribution in [0.25, 0.3) is 0 Å². The number of nitrogens with zero attached hydrogens (tertiary/aromatic N) is 2. The second-order valence-electron chi connectivity index (χ2n) is 5.13. The van der Waals surface area contributed by atoms with Gasteiger partial charge in [-0.2, -0.15) is 5.10 Å². The van der Waals surface area contributed by atoms with Gasteiger partial charge in [0.1, 0.15) is 0 Å². The molecular weight excluding hydrogens is 198 g/mol. The molecule has 3 heteroatoms. The Morgan fingerprint density at radius 3 is 3.06 bits per heavy atom. The van der Waals surface area contributed by atoms with E-state index >= 15 is 0 Å². The summed E-state index contributed by atoms with van der Waals surface area (Å²) in [6, 6.07) is 2.66. The molecule has 1 N–H and O–H groups in total. The highest BCUT2D eigenvalue weighted by Gasteiger charge is 2.14. The quantitative estimate of drug-likeness (QED) is 0.849. The third kappa shape index (κ3) is 3.08. The van der Waals surface area contributed by atoms with Crippen LogP contribution in [0.4, 0.5) is 0 Å². The summed E-state index contributed by atoms with van der Waals surface area (Å²) in [6.45, 7) is 6.71. The van der Waals surface area contributed by atoms with E-state index < -0.39 is 0 Å². The maximum atomic E-state index is 4.63. The molecule has 0 bridgehead atoms. The summed E-state index contributed by atoms with van der Waals surface area (Å²) in [5.74, 6) is 0.825. The Kier molecular flexibility index (Phi) is 3.99. The van der Waals surface area contributed by atoms with Crippen LogP contribution in [0.1, 0.15) is 44.8 Å². The average Bonchev–Trinajstić information content (AvgIpc) is 2.56. The van der Waals surface area contributed by atoms with Crippen LogP contribution in [0, 0.1) is 5.92 Å². The molecule has 0 amide bonds. The molecule has 0 aliphatic carbocycles. The van der Waals surface area contributed by atoms with Crippen molar-refractivity contribution in [1.29, 1.82) is 0 Å². The highest BCUT2D eigenvalue weighted by molar-refractivity contribution is 5.01. The van der Waals surface area contributed by atoms with Crippen LogP contribution in [-0.4, -0.2) is 22.9 Å². The van der Waals surface area contributed by atoms with Gasteiger partial charge < -0.3 is 5.32 Å². The summed E-state index contributed by atoms with van der Waals surface area (Å²) in [6.07, 6.45) is 7.22. The van der Waals surface area contributed by atoms with Gasteiger partial charge >= 0.3 is 0 Å². The zero-order valence-electron chi connectivity index (χ0n) is 10.4. The lowest BCUT2D eigenvalue weighted by Crippen LogP contribution is -2.14. The first-order chi connectivity index (χ1) is 7.75. The minimum atomic E-state index is 0.476. The Morgan fingerprint density at radius 2 is 2.31 bits per heavy atom. The third-order valence-electron chi connectivity index (χ3n) is 3.39. The van der Waals surface area contributed by atoms with Gasteiger partial charge in [0, 0.05) is 12.2 Å². The summed E-state index contributed by atoms with van der Waals surface area (Å²) in [5.41, 5.74) is 1.26. The number of hydrogen-bond acceptors (Lipinski definition) is 2. The Hall–Kier alpha value is -0.830. The Labute approximate surface area is 98.2 Å². The molecule has 2 rings (SSSR count). The zero-order valence-corrected chi connectivity index (χ0v) is 10.4. The van der Waals surface area contributed by atoms with E-state index in [1.165, 1.54) is 38.0 Å². The third-order valence-corrected chi connectivity index (χ3v) is 3.39. The summed E-state index contributed by atoms with van der Waals surface area (Å²) in [7, 11) is 0. The maximum absolute atomic E-state index is 4.63. The van der Waals surface area contributed by atoms with Crippen LogP contribution < -0.4 is 5.32 Å². The van der Waals surface area contributed by atoms with E-state index in [0.29, 0.717) is 6.04 Å². The Balaban J connectivity index is 1.91. The second kappa shape index (κ2) is 5.48. The molecule has 0 aromatic carbocycles. The van der Waals surface area contributed by atoms with Gasteiger partial charge in [0.25, 0.3) is 0 Å². The molecule has 16 heavy (non-hydrogen) atoms. The van der Waals surface area contributed by atoms with Crippen molar-refractivity contribution < 1.29 is 0 Å². The van der Waals surface area contributed by atoms with Gasteiger partial charge in [-0.3, -0.25) is 4.68 Å². The van der Waals surface area contributed by atoms with Crippen molar-refractivity contribution in [2.75, 3.05) is 13.1 Å². The second-order valence-corrected chi connectivity index (χ2v) is 5.13. The average molecular weight is 221 g/mol. The van der Waals surface area contributed by atoms with E-state index in [1.54, 1.807) is 0 Å². The number of aromatic nitrogens is 2. The molecule has 90 valence electrons. The molecule has 3 nitrogen and oxygen atoms in total. The summed E-state index contributed by atoms with van der Waals surface area (Å²) in [4.78, 5) is 0. The molecule has 1 aliphatic rings. The fourth-order valence-electron chi connectivity index (χ4n) is 2.37. The summed E-state index contributed by atoms with van der Waals surface area (Å²) >= 11 is 0. The van der Waals surface area contributed by atoms with E-state index in [-0.39, 0.29) is 0 Å². The van der Waals surface area contributed by atoms with Crippen LogP contribution in [0.3, 0.4) is 0 Å². The van der Waals surface area contributed by atoms with E-state index in [1.807, 2.05) is 0 Å². The van der Waals surface area contributed by atoms with Crippen LogP contribution >= 0.6 is 0 Å². The molecule has 1 aliphatic heterocycles. The van der Waals surface area contributed by atoms with Gasteiger partial charge in [-0.25, -0.2) is 0 Å². The number of rotatable bonds is 3. The van der Waals surface area contributed by atoms with Crippen molar-refractivity contribution in [2.45, 2.75) is 45.6 Å². The minimum Gasteiger partial charge on any atom is -0.317 e. The van der Waals surface area contributed by atoms with Crippen molar-refractivity contribution in [3.8, 4) is 0 Å². The predicted molar refractivity (Wildman–Crippen MR) is 66.5 cm³/mol. The van der Waals surface area contributed by atoms with E-state index in [9.17, 15) is 0 Å². The van der Waals surface area contributed by atoms with Gasteiger partial charge in [0.2, 0.25) is 0 Å². The Bertz CT molecular complexity index is 309. The minimum absolute atomic E-state index is 0.476. The van der Waals surface area contributed by atoms with Crippen molar-refractivity contribution in [2.24, 2.45) is 5.92 Å². The van der Waals surface area contributed by atoms with Crippen molar-refractivity contribution in [3.05, 3.63) is 18.0 Å². The molecule has 0 radical (unpaired) electrons. The Morgan fingerprint density at radius 1 is 1.44 bits per heavy atom. The lowest BCUT2D eigenvalue weighted by Gasteiger charge is -2.11. The highest BCUT2D eigenvalue weighted by Crippen LogP contribution is 2.18. The summed E-state index contributed by atoms with van der Waals surface area (Å²) < 4.78 is 2.06. The van der Waals surface area contributed by atoms with E-state index in [4.69, 9.17) is 0 Å². The molecule has 1 aromatic rings. The fourth-order valence-corrected chi connectivity index (χ4v) is 2.37. The van der Waals surface area contributed by atoms with Crippen LogP contribution in [-0.2, 0) is 6.42 Å². The first-order valence-corrected chi connectivity index (χ1v) is 6.50. The van der Waals surface area contributed by atoms with Gasteiger partial charge in [-0.1, -0.05) is 0 Å². The SMILES string of the molecule is CC(C)n1ccc(CC2CCCNCC2)n1. The smallest absolute Gasteiger partial charge is 0.0627 e. The van der Waals surface area contributed by atoms with Gasteiger partial charge in [0.15, 0.2) is 0 Å². The van der Waals surface area contributed by atoms with Gasteiger partial charge in [-0.05, 0) is 64.6 Å². The predicted octanol–water partition coefficient (Wildman–Crippen LogP) is 2.40. The number of hydrogen-bond donors (Lipinski definition) is 1. The first-order valence-electron chi connectivity index (χ1n) is 6.50. The first kappa shape index (κ1) is 11.6. The lowest BCUT2D eigenvalue weighted by molar-refractivity contribution is 0.455. The molecule has 1 unspecified atom stereocenters. The molecule has 1 aromatic heterocycles. The zero-order chi connectivity index (χ0) is 11.4. The van der Waals surface area contributed by atoms with Gasteiger partial charge in [-0.15, -0.1) is 0 Å². The monoisotopic (exact) mass is 221 g/mol. The maximum Gasteiger partial charge on any atom is 0.0627 e. The standard InChI is InChI=1S/C13H23N3/c1-11(2)16-9-6-13(15-16)10-12-4-3-7-14-8-5-12/h6,9,11-12,14H,3-5,7-8,10H2,1-2H3. The highest BCUT2D eigenvalue weighted by atomic mass is 15.3. The molecule has 0 saturated carbocycles. The van der Waals surface area contributed by atoms with E-state index in [2.05, 4.69) is 41.2 Å².